The van der Waals surface area contributed by atoms with Gasteiger partial charge < -0.3 is 14.8 Å². The van der Waals surface area contributed by atoms with Gasteiger partial charge in [0.25, 0.3) is 5.91 Å². The average molecular weight is 362 g/mol. The number of halogens is 1. The van der Waals surface area contributed by atoms with Crippen molar-refractivity contribution in [3.8, 4) is 11.5 Å². The summed E-state index contributed by atoms with van der Waals surface area (Å²) in [5.74, 6) is 1.34. The maximum atomic E-state index is 12.2. The van der Waals surface area contributed by atoms with Gasteiger partial charge in [0, 0.05) is 11.6 Å². The highest BCUT2D eigenvalue weighted by molar-refractivity contribution is 6.30. The number of nitrogens with one attached hydrogen (secondary N) is 1. The zero-order valence-corrected chi connectivity index (χ0v) is 15.8. The minimum absolute atomic E-state index is 0.152. The predicted octanol–water partition coefficient (Wildman–Crippen LogP) is 4.09. The summed E-state index contributed by atoms with van der Waals surface area (Å²) in [7, 11) is 1.65. The van der Waals surface area contributed by atoms with E-state index in [0.717, 1.165) is 22.4 Å². The van der Waals surface area contributed by atoms with Crippen molar-refractivity contribution in [1.82, 2.24) is 5.32 Å². The van der Waals surface area contributed by atoms with Gasteiger partial charge in [-0.2, -0.15) is 0 Å². The molecule has 0 spiro atoms. The van der Waals surface area contributed by atoms with Gasteiger partial charge in [-0.05, 0) is 62.6 Å². The number of amides is 1. The van der Waals surface area contributed by atoms with Crippen molar-refractivity contribution in [3.63, 3.8) is 0 Å². The van der Waals surface area contributed by atoms with E-state index >= 15 is 0 Å². The van der Waals surface area contributed by atoms with Crippen molar-refractivity contribution >= 4 is 17.5 Å². The molecule has 2 rings (SSSR count). The molecule has 1 amide bonds. The van der Waals surface area contributed by atoms with Gasteiger partial charge in [-0.15, -0.1) is 0 Å². The summed E-state index contributed by atoms with van der Waals surface area (Å²) < 4.78 is 11.1. The monoisotopic (exact) mass is 361 g/mol. The fourth-order valence-electron chi connectivity index (χ4n) is 2.56. The normalized spacial score (nSPS) is 11.7. The van der Waals surface area contributed by atoms with Gasteiger partial charge >= 0.3 is 0 Å². The molecule has 1 unspecified atom stereocenters. The summed E-state index contributed by atoms with van der Waals surface area (Å²) in [4.78, 5) is 12.2. The van der Waals surface area contributed by atoms with Crippen LogP contribution in [0.15, 0.2) is 36.4 Å². The van der Waals surface area contributed by atoms with Crippen LogP contribution in [0.2, 0.25) is 5.02 Å². The summed E-state index contributed by atoms with van der Waals surface area (Å²) in [6.07, 6.45) is 0.114. The fourth-order valence-corrected chi connectivity index (χ4v) is 2.78. The van der Waals surface area contributed by atoms with Crippen molar-refractivity contribution in [2.24, 2.45) is 0 Å². The highest BCUT2D eigenvalue weighted by Gasteiger charge is 2.15. The van der Waals surface area contributed by atoms with Crippen LogP contribution in [-0.2, 0) is 11.2 Å². The third-order valence-corrected chi connectivity index (χ3v) is 4.17. The molecule has 25 heavy (non-hydrogen) atoms. The molecule has 2 aromatic rings. The Bertz CT molecular complexity index is 746. The van der Waals surface area contributed by atoms with Gasteiger partial charge in [0.1, 0.15) is 11.5 Å². The first-order valence-corrected chi connectivity index (χ1v) is 8.62. The second kappa shape index (κ2) is 8.77. The van der Waals surface area contributed by atoms with Crippen LogP contribution in [0.25, 0.3) is 0 Å². The van der Waals surface area contributed by atoms with Gasteiger partial charge in [-0.25, -0.2) is 0 Å². The number of hydrogen-bond donors (Lipinski definition) is 1. The average Bonchev–Trinajstić information content (AvgIpc) is 2.57. The van der Waals surface area contributed by atoms with Crippen molar-refractivity contribution < 1.29 is 14.3 Å². The Morgan fingerprint density at radius 2 is 1.88 bits per heavy atom. The number of benzene rings is 2. The van der Waals surface area contributed by atoms with Crippen LogP contribution in [0.5, 0.6) is 11.5 Å². The second-order valence-electron chi connectivity index (χ2n) is 6.03. The van der Waals surface area contributed by atoms with E-state index < -0.39 is 6.10 Å². The second-order valence-corrected chi connectivity index (χ2v) is 6.46. The summed E-state index contributed by atoms with van der Waals surface area (Å²) in [6.45, 7) is 6.18. The molecule has 1 N–H and O–H groups in total. The van der Waals surface area contributed by atoms with Crippen molar-refractivity contribution in [2.45, 2.75) is 33.3 Å². The number of methoxy groups -OCH3 is 1. The molecule has 4 nitrogen and oxygen atoms in total. The van der Waals surface area contributed by atoms with Crippen LogP contribution in [-0.4, -0.2) is 25.7 Å². The highest BCUT2D eigenvalue weighted by Crippen LogP contribution is 2.23. The molecule has 0 heterocycles. The van der Waals surface area contributed by atoms with Crippen LogP contribution >= 0.6 is 11.6 Å². The first kappa shape index (κ1) is 19.1. The molecule has 1 atom stereocenters. The molecule has 0 aromatic heterocycles. The fraction of sp³-hybridized carbons (Fsp3) is 0.350. The Morgan fingerprint density at radius 3 is 2.56 bits per heavy atom. The number of carbonyl (C=O) groups excluding carboxylic acids is 1. The van der Waals surface area contributed by atoms with Crippen LogP contribution in [0, 0.1) is 13.8 Å². The molecule has 0 bridgehead atoms. The topological polar surface area (TPSA) is 47.6 Å². The van der Waals surface area contributed by atoms with E-state index in [2.05, 4.69) is 11.4 Å². The minimum Gasteiger partial charge on any atom is -0.496 e. The first-order valence-electron chi connectivity index (χ1n) is 8.24. The molecule has 0 radical (unpaired) electrons. The molecule has 0 aliphatic rings. The Morgan fingerprint density at radius 1 is 1.16 bits per heavy atom. The molecular weight excluding hydrogens is 338 g/mol. The van der Waals surface area contributed by atoms with Crippen LogP contribution in [0.4, 0.5) is 0 Å². The number of rotatable bonds is 7. The van der Waals surface area contributed by atoms with Crippen molar-refractivity contribution in [1.29, 1.82) is 0 Å². The molecular formula is C20H24ClNO3. The lowest BCUT2D eigenvalue weighted by atomic mass is 10.1. The zero-order valence-electron chi connectivity index (χ0n) is 15.1. The summed E-state index contributed by atoms with van der Waals surface area (Å²) in [5, 5.41) is 3.55. The van der Waals surface area contributed by atoms with E-state index in [1.807, 2.05) is 32.0 Å². The first-order chi connectivity index (χ1) is 11.9. The summed E-state index contributed by atoms with van der Waals surface area (Å²) in [6, 6.07) is 11.4. The van der Waals surface area contributed by atoms with Crippen molar-refractivity contribution in [2.75, 3.05) is 13.7 Å². The Kier molecular flexibility index (Phi) is 6.71. The van der Waals surface area contributed by atoms with E-state index in [0.29, 0.717) is 23.7 Å². The SMILES string of the molecule is COc1ccc(C)cc1CCNC(=O)C(C)Oc1ccc(Cl)cc1C. The lowest BCUT2D eigenvalue weighted by molar-refractivity contribution is -0.127. The highest BCUT2D eigenvalue weighted by atomic mass is 35.5. The maximum Gasteiger partial charge on any atom is 0.260 e. The van der Waals surface area contributed by atoms with Crippen LogP contribution in [0.1, 0.15) is 23.6 Å². The lowest BCUT2D eigenvalue weighted by Gasteiger charge is -2.17. The largest absolute Gasteiger partial charge is 0.496 e. The number of carbonyl (C=O) groups is 1. The van der Waals surface area contributed by atoms with E-state index in [4.69, 9.17) is 21.1 Å². The zero-order chi connectivity index (χ0) is 18.4. The molecule has 0 fully saturated rings. The van der Waals surface area contributed by atoms with Crippen molar-refractivity contribution in [3.05, 3.63) is 58.1 Å². The van der Waals surface area contributed by atoms with E-state index in [9.17, 15) is 4.79 Å². The van der Waals surface area contributed by atoms with Gasteiger partial charge in [0.05, 0.1) is 7.11 Å². The Hall–Kier alpha value is -2.20. The lowest BCUT2D eigenvalue weighted by Crippen LogP contribution is -2.37. The number of hydrogen-bond acceptors (Lipinski definition) is 3. The molecule has 5 heteroatoms. The molecule has 0 aliphatic heterocycles. The molecule has 0 aliphatic carbocycles. The number of ether oxygens (including phenoxy) is 2. The van der Waals surface area contributed by atoms with E-state index in [1.165, 1.54) is 0 Å². The molecule has 2 aromatic carbocycles. The van der Waals surface area contributed by atoms with Crippen LogP contribution in [0.3, 0.4) is 0 Å². The van der Waals surface area contributed by atoms with E-state index in [-0.39, 0.29) is 5.91 Å². The maximum absolute atomic E-state index is 12.2. The van der Waals surface area contributed by atoms with Gasteiger partial charge in [0.2, 0.25) is 0 Å². The Labute approximate surface area is 154 Å². The summed E-state index contributed by atoms with van der Waals surface area (Å²) in [5.41, 5.74) is 3.14. The quantitative estimate of drug-likeness (QED) is 0.807. The third kappa shape index (κ3) is 5.40. The van der Waals surface area contributed by atoms with Gasteiger partial charge in [0.15, 0.2) is 6.10 Å². The molecule has 134 valence electrons. The van der Waals surface area contributed by atoms with Gasteiger partial charge in [-0.1, -0.05) is 29.3 Å². The van der Waals surface area contributed by atoms with E-state index in [1.54, 1.807) is 26.2 Å². The Balaban J connectivity index is 1.88. The molecule has 0 saturated heterocycles. The minimum atomic E-state index is -0.584. The van der Waals surface area contributed by atoms with Gasteiger partial charge in [-0.3, -0.25) is 4.79 Å². The number of aryl methyl sites for hydroxylation is 2. The smallest absolute Gasteiger partial charge is 0.260 e. The molecule has 0 saturated carbocycles. The predicted molar refractivity (Wildman–Crippen MR) is 101 cm³/mol. The van der Waals surface area contributed by atoms with Crippen LogP contribution < -0.4 is 14.8 Å². The summed E-state index contributed by atoms with van der Waals surface area (Å²) >= 11 is 5.93. The third-order valence-electron chi connectivity index (χ3n) is 3.94. The standard InChI is InChI=1S/C20H24ClNO3/c1-13-5-7-19(24-4)16(11-13)9-10-22-20(23)15(3)25-18-8-6-17(21)12-14(18)2/h5-8,11-12,15H,9-10H2,1-4H3,(H,22,23).